The summed E-state index contributed by atoms with van der Waals surface area (Å²) < 4.78 is 1.11. The van der Waals surface area contributed by atoms with E-state index in [9.17, 15) is 4.79 Å². The number of primary amides is 1. The Kier molecular flexibility index (Phi) is 5.53. The Morgan fingerprint density at radius 3 is 2.67 bits per heavy atom. The van der Waals surface area contributed by atoms with E-state index in [0.29, 0.717) is 12.1 Å². The third-order valence-electron chi connectivity index (χ3n) is 3.45. The molecule has 1 atom stereocenters. The average molecular weight is 347 g/mol. The molecule has 0 aromatic heterocycles. The number of hydrogen-bond acceptors (Lipinski definition) is 2. The van der Waals surface area contributed by atoms with Crippen LogP contribution in [0.25, 0.3) is 0 Å². The summed E-state index contributed by atoms with van der Waals surface area (Å²) in [5.41, 5.74) is 8.15. The number of nitrogens with one attached hydrogen (secondary N) is 1. The molecule has 0 bridgehead atoms. The summed E-state index contributed by atoms with van der Waals surface area (Å²) in [5, 5.41) is 3.53. The predicted octanol–water partition coefficient (Wildman–Crippen LogP) is 3.79. The van der Waals surface area contributed by atoms with E-state index in [0.717, 1.165) is 16.5 Å². The lowest BCUT2D eigenvalue weighted by atomic mass is 10.0. The monoisotopic (exact) mass is 346 g/mol. The van der Waals surface area contributed by atoms with Gasteiger partial charge in [0.1, 0.15) is 0 Å². The highest BCUT2D eigenvalue weighted by Gasteiger charge is 2.11. The molecule has 4 heteroatoms. The fourth-order valence-electron chi connectivity index (χ4n) is 2.31. The van der Waals surface area contributed by atoms with Gasteiger partial charge in [-0.05, 0) is 35.7 Å². The molecule has 110 valence electrons. The molecule has 3 N–H and O–H groups in total. The van der Waals surface area contributed by atoms with Crippen LogP contribution in [0.1, 0.15) is 40.9 Å². The molecule has 0 saturated carbocycles. The van der Waals surface area contributed by atoms with Gasteiger partial charge in [0.2, 0.25) is 5.91 Å². The maximum atomic E-state index is 11.2. The second-order valence-corrected chi connectivity index (χ2v) is 5.78. The fraction of sp³-hybridized carbons (Fsp3) is 0.235. The first-order valence-electron chi connectivity index (χ1n) is 6.98. The molecule has 0 spiro atoms. The van der Waals surface area contributed by atoms with E-state index >= 15 is 0 Å². The summed E-state index contributed by atoms with van der Waals surface area (Å²) >= 11 is 3.59. The molecule has 2 aromatic rings. The van der Waals surface area contributed by atoms with Crippen LogP contribution in [0.4, 0.5) is 0 Å². The van der Waals surface area contributed by atoms with Crippen molar-refractivity contribution in [1.82, 2.24) is 5.32 Å². The first kappa shape index (κ1) is 15.7. The number of halogens is 1. The quantitative estimate of drug-likeness (QED) is 0.835. The summed E-state index contributed by atoms with van der Waals surface area (Å²) in [4.78, 5) is 11.2. The van der Waals surface area contributed by atoms with Crippen molar-refractivity contribution in [3.63, 3.8) is 0 Å². The van der Waals surface area contributed by atoms with E-state index < -0.39 is 5.91 Å². The fourth-order valence-corrected chi connectivity index (χ4v) is 2.87. The summed E-state index contributed by atoms with van der Waals surface area (Å²) in [5.74, 6) is -0.394. The lowest BCUT2D eigenvalue weighted by Crippen LogP contribution is -2.21. The predicted molar refractivity (Wildman–Crippen MR) is 89.0 cm³/mol. The lowest BCUT2D eigenvalue weighted by Gasteiger charge is -2.19. The average Bonchev–Trinajstić information content (AvgIpc) is 2.50. The highest BCUT2D eigenvalue weighted by Crippen LogP contribution is 2.25. The topological polar surface area (TPSA) is 55.1 Å². The highest BCUT2D eigenvalue weighted by atomic mass is 79.9. The lowest BCUT2D eigenvalue weighted by molar-refractivity contribution is 0.1000. The third kappa shape index (κ3) is 4.16. The molecule has 21 heavy (non-hydrogen) atoms. The van der Waals surface area contributed by atoms with Crippen LogP contribution in [0.2, 0.25) is 0 Å². The maximum absolute atomic E-state index is 11.2. The number of carbonyl (C=O) groups excluding carboxylic acids is 1. The number of benzene rings is 2. The molecule has 0 heterocycles. The van der Waals surface area contributed by atoms with Crippen molar-refractivity contribution in [2.24, 2.45) is 5.73 Å². The number of rotatable bonds is 6. The molecule has 0 radical (unpaired) electrons. The van der Waals surface area contributed by atoms with Gasteiger partial charge in [-0.1, -0.05) is 53.2 Å². The Labute approximate surface area is 133 Å². The van der Waals surface area contributed by atoms with Gasteiger partial charge < -0.3 is 11.1 Å². The molecule has 0 unspecified atom stereocenters. The van der Waals surface area contributed by atoms with E-state index in [1.165, 1.54) is 5.56 Å². The Hall–Kier alpha value is -1.65. The molecule has 2 rings (SSSR count). The number of amides is 1. The molecule has 2 aromatic carbocycles. The van der Waals surface area contributed by atoms with Gasteiger partial charge in [0, 0.05) is 22.6 Å². The van der Waals surface area contributed by atoms with E-state index in [1.807, 2.05) is 36.4 Å². The number of carbonyl (C=O) groups is 1. The summed E-state index contributed by atoms with van der Waals surface area (Å²) in [6.45, 7) is 2.85. The van der Waals surface area contributed by atoms with Gasteiger partial charge in [-0.3, -0.25) is 4.79 Å². The van der Waals surface area contributed by atoms with Crippen molar-refractivity contribution in [2.45, 2.75) is 25.9 Å². The van der Waals surface area contributed by atoms with Crippen LogP contribution in [-0.2, 0) is 6.54 Å². The standard InChI is InChI=1S/C17H19BrN2O/c1-2-16(14-8-3-4-9-15(14)18)20-11-12-6-5-7-13(10-12)17(19)21/h3-10,16,20H,2,11H2,1H3,(H2,19,21)/t16-/m1/s1. The van der Waals surface area contributed by atoms with E-state index in [1.54, 1.807) is 6.07 Å². The van der Waals surface area contributed by atoms with Gasteiger partial charge in [0.15, 0.2) is 0 Å². The highest BCUT2D eigenvalue weighted by molar-refractivity contribution is 9.10. The normalized spacial score (nSPS) is 12.1. The van der Waals surface area contributed by atoms with Crippen molar-refractivity contribution >= 4 is 21.8 Å². The third-order valence-corrected chi connectivity index (χ3v) is 4.18. The Morgan fingerprint density at radius 1 is 1.24 bits per heavy atom. The van der Waals surface area contributed by atoms with Crippen LogP contribution in [0.3, 0.4) is 0 Å². The van der Waals surface area contributed by atoms with Crippen LogP contribution in [0, 0.1) is 0 Å². The maximum Gasteiger partial charge on any atom is 0.248 e. The Bertz CT molecular complexity index is 628. The summed E-state index contributed by atoms with van der Waals surface area (Å²) in [7, 11) is 0. The number of hydrogen-bond donors (Lipinski definition) is 2. The van der Waals surface area contributed by atoms with E-state index in [-0.39, 0.29) is 6.04 Å². The zero-order valence-electron chi connectivity index (χ0n) is 12.0. The second kappa shape index (κ2) is 7.38. The van der Waals surface area contributed by atoms with Crippen molar-refractivity contribution in [2.75, 3.05) is 0 Å². The smallest absolute Gasteiger partial charge is 0.248 e. The van der Waals surface area contributed by atoms with Gasteiger partial charge in [-0.15, -0.1) is 0 Å². The van der Waals surface area contributed by atoms with Crippen molar-refractivity contribution in [3.05, 3.63) is 69.7 Å². The molecule has 1 amide bonds. The minimum Gasteiger partial charge on any atom is -0.366 e. The van der Waals surface area contributed by atoms with Crippen molar-refractivity contribution < 1.29 is 4.79 Å². The first-order chi connectivity index (χ1) is 10.1. The molecule has 0 aliphatic rings. The molecule has 3 nitrogen and oxygen atoms in total. The SMILES string of the molecule is CC[C@@H](NCc1cccc(C(N)=O)c1)c1ccccc1Br. The first-order valence-corrected chi connectivity index (χ1v) is 7.77. The number of nitrogens with two attached hydrogens (primary N) is 1. The molecule has 0 fully saturated rings. The second-order valence-electron chi connectivity index (χ2n) is 4.93. The molecular weight excluding hydrogens is 328 g/mol. The van der Waals surface area contributed by atoms with Crippen molar-refractivity contribution in [1.29, 1.82) is 0 Å². The van der Waals surface area contributed by atoms with Gasteiger partial charge in [-0.25, -0.2) is 0 Å². The molecule has 0 saturated heterocycles. The molecular formula is C17H19BrN2O. The van der Waals surface area contributed by atoms with E-state index in [2.05, 4.69) is 34.2 Å². The van der Waals surface area contributed by atoms with E-state index in [4.69, 9.17) is 5.73 Å². The Balaban J connectivity index is 2.09. The van der Waals surface area contributed by atoms with Gasteiger partial charge in [-0.2, -0.15) is 0 Å². The van der Waals surface area contributed by atoms with Gasteiger partial charge >= 0.3 is 0 Å². The van der Waals surface area contributed by atoms with Crippen molar-refractivity contribution in [3.8, 4) is 0 Å². The van der Waals surface area contributed by atoms with Crippen LogP contribution in [0.5, 0.6) is 0 Å². The van der Waals surface area contributed by atoms with Gasteiger partial charge in [0.25, 0.3) is 0 Å². The van der Waals surface area contributed by atoms with Crippen LogP contribution in [0.15, 0.2) is 53.0 Å². The summed E-state index contributed by atoms with van der Waals surface area (Å²) in [6, 6.07) is 15.9. The Morgan fingerprint density at radius 2 is 2.00 bits per heavy atom. The molecule has 0 aliphatic carbocycles. The van der Waals surface area contributed by atoms with Crippen LogP contribution < -0.4 is 11.1 Å². The largest absolute Gasteiger partial charge is 0.366 e. The molecule has 0 aliphatic heterocycles. The summed E-state index contributed by atoms with van der Waals surface area (Å²) in [6.07, 6.45) is 0.984. The zero-order chi connectivity index (χ0) is 15.2. The minimum atomic E-state index is -0.394. The zero-order valence-corrected chi connectivity index (χ0v) is 13.6. The van der Waals surface area contributed by atoms with Crippen LogP contribution >= 0.6 is 15.9 Å². The van der Waals surface area contributed by atoms with Crippen LogP contribution in [-0.4, -0.2) is 5.91 Å². The van der Waals surface area contributed by atoms with Gasteiger partial charge in [0.05, 0.1) is 0 Å². The minimum absolute atomic E-state index is 0.262.